The zero-order valence-electron chi connectivity index (χ0n) is 31.3. The molecule has 0 spiro atoms. The first-order chi connectivity index (χ1) is 22.9. The van der Waals surface area contributed by atoms with Crippen molar-refractivity contribution in [2.24, 2.45) is 11.8 Å². The van der Waals surface area contributed by atoms with Gasteiger partial charge in [0.25, 0.3) is 0 Å². The number of aliphatic carboxylic acids is 2. The SMILES string of the molecule is CC(C)(C(=O)O)c1ccc(C(c2ccc(C(C)(C)C(=O)O)cc2)(c2ccc3c(c2)CC3)c2ccc3c(c2)CC3)cc1.CC(C)C.CC(C)C. The lowest BCUT2D eigenvalue weighted by molar-refractivity contribution is -0.143. The van der Waals surface area contributed by atoms with Gasteiger partial charge in [-0.1, -0.05) is 126 Å². The van der Waals surface area contributed by atoms with Crippen LogP contribution in [0.15, 0.2) is 84.9 Å². The van der Waals surface area contributed by atoms with E-state index in [1.807, 2.05) is 24.3 Å². The molecule has 260 valence electrons. The Balaban J connectivity index is 0.000000612. The number of benzene rings is 4. The normalized spacial score (nSPS) is 13.5. The molecule has 0 bridgehead atoms. The van der Waals surface area contributed by atoms with Crippen molar-refractivity contribution in [3.63, 3.8) is 0 Å². The molecule has 0 saturated carbocycles. The summed E-state index contributed by atoms with van der Waals surface area (Å²) >= 11 is 0. The largest absolute Gasteiger partial charge is 0.481 e. The highest BCUT2D eigenvalue weighted by Crippen LogP contribution is 2.48. The Bertz CT molecular complexity index is 1630. The molecule has 2 aliphatic rings. The Kier molecular flexibility index (Phi) is 11.3. The monoisotopic (exact) mass is 660 g/mol. The highest BCUT2D eigenvalue weighted by Gasteiger charge is 2.41. The summed E-state index contributed by atoms with van der Waals surface area (Å²) in [5, 5.41) is 19.7. The summed E-state index contributed by atoms with van der Waals surface area (Å²) in [5.74, 6) is -0.0595. The maximum absolute atomic E-state index is 12.0. The zero-order chi connectivity index (χ0) is 36.3. The number of carbonyl (C=O) groups is 2. The van der Waals surface area contributed by atoms with Gasteiger partial charge in [0, 0.05) is 0 Å². The molecule has 0 heterocycles. The van der Waals surface area contributed by atoms with E-state index in [-0.39, 0.29) is 0 Å². The van der Waals surface area contributed by atoms with E-state index >= 15 is 0 Å². The lowest BCUT2D eigenvalue weighted by atomic mass is 9.62. The maximum Gasteiger partial charge on any atom is 0.313 e. The van der Waals surface area contributed by atoms with Crippen molar-refractivity contribution in [3.05, 3.63) is 141 Å². The summed E-state index contributed by atoms with van der Waals surface area (Å²) in [7, 11) is 0. The molecule has 0 radical (unpaired) electrons. The molecule has 0 aliphatic heterocycles. The quantitative estimate of drug-likeness (QED) is 0.185. The third-order valence-corrected chi connectivity index (χ3v) is 9.75. The van der Waals surface area contributed by atoms with Crippen LogP contribution in [0.3, 0.4) is 0 Å². The maximum atomic E-state index is 12.0. The third kappa shape index (κ3) is 7.69. The van der Waals surface area contributed by atoms with E-state index < -0.39 is 28.2 Å². The summed E-state index contributed by atoms with van der Waals surface area (Å²) in [6.45, 7) is 19.9. The van der Waals surface area contributed by atoms with Gasteiger partial charge in [0.2, 0.25) is 0 Å². The van der Waals surface area contributed by atoms with Gasteiger partial charge in [-0.2, -0.15) is 0 Å². The van der Waals surface area contributed by atoms with Gasteiger partial charge < -0.3 is 10.2 Å². The zero-order valence-corrected chi connectivity index (χ0v) is 31.3. The minimum Gasteiger partial charge on any atom is -0.481 e. The molecule has 0 unspecified atom stereocenters. The van der Waals surface area contributed by atoms with Crippen LogP contribution in [0.2, 0.25) is 0 Å². The molecule has 4 aromatic rings. The van der Waals surface area contributed by atoms with Gasteiger partial charge in [-0.15, -0.1) is 0 Å². The van der Waals surface area contributed by atoms with Gasteiger partial charge >= 0.3 is 11.9 Å². The van der Waals surface area contributed by atoms with E-state index in [1.165, 1.54) is 22.3 Å². The second kappa shape index (κ2) is 14.7. The van der Waals surface area contributed by atoms with Crippen molar-refractivity contribution in [3.8, 4) is 0 Å². The Morgan fingerprint density at radius 1 is 0.449 bits per heavy atom. The van der Waals surface area contributed by atoms with Crippen molar-refractivity contribution in [1.82, 2.24) is 0 Å². The van der Waals surface area contributed by atoms with Crippen LogP contribution in [0, 0.1) is 11.8 Å². The van der Waals surface area contributed by atoms with Gasteiger partial charge in [0.05, 0.1) is 16.2 Å². The Labute approximate surface area is 294 Å². The number of carboxylic acid groups (broad SMARTS) is 2. The Hall–Kier alpha value is -4.18. The van der Waals surface area contributed by atoms with Crippen molar-refractivity contribution < 1.29 is 19.8 Å². The summed E-state index contributed by atoms with van der Waals surface area (Å²) in [4.78, 5) is 24.1. The topological polar surface area (TPSA) is 74.6 Å². The Morgan fingerprint density at radius 2 is 0.694 bits per heavy atom. The Morgan fingerprint density at radius 3 is 0.918 bits per heavy atom. The molecule has 2 N–H and O–H groups in total. The first-order valence-corrected chi connectivity index (χ1v) is 17.9. The molecule has 2 aliphatic carbocycles. The van der Waals surface area contributed by atoms with Crippen LogP contribution < -0.4 is 0 Å². The molecule has 4 heteroatoms. The fourth-order valence-corrected chi connectivity index (χ4v) is 6.38. The molecule has 0 atom stereocenters. The average molecular weight is 661 g/mol. The van der Waals surface area contributed by atoms with Crippen LogP contribution in [-0.4, -0.2) is 22.2 Å². The van der Waals surface area contributed by atoms with Crippen molar-refractivity contribution in [1.29, 1.82) is 0 Å². The van der Waals surface area contributed by atoms with E-state index in [0.29, 0.717) is 0 Å². The predicted octanol–water partition coefficient (Wildman–Crippen LogP) is 10.3. The standard InChI is InChI=1S/C37H36O4.2C4H10/c1-35(2,33(38)39)27-13-17-29(18-14-27)37(31-11-9-23-5-7-25(23)21-31,32-12-10-24-6-8-26(24)22-32)30-19-15-28(16-20-30)36(3,4)34(40)41;2*1-4(2)3/h9-22H,5-8H2,1-4H3,(H,38,39)(H,40,41);2*4H,1-3H3. The molecule has 4 aromatic carbocycles. The lowest BCUT2D eigenvalue weighted by Crippen LogP contribution is -2.34. The van der Waals surface area contributed by atoms with Crippen molar-refractivity contribution in [2.45, 2.75) is 111 Å². The summed E-state index contributed by atoms with van der Waals surface area (Å²) < 4.78 is 0. The van der Waals surface area contributed by atoms with Crippen molar-refractivity contribution >= 4 is 11.9 Å². The number of hydrogen-bond donors (Lipinski definition) is 2. The molecule has 0 amide bonds. The highest BCUT2D eigenvalue weighted by molar-refractivity contribution is 5.81. The minimum absolute atomic E-state index is 0.674. The van der Waals surface area contributed by atoms with Crippen LogP contribution in [0.5, 0.6) is 0 Å². The molecular weight excluding hydrogens is 604 g/mol. The van der Waals surface area contributed by atoms with Gasteiger partial charge in [0.15, 0.2) is 0 Å². The molecule has 0 fully saturated rings. The van der Waals surface area contributed by atoms with Gasteiger partial charge in [-0.3, -0.25) is 9.59 Å². The van der Waals surface area contributed by atoms with E-state index in [9.17, 15) is 19.8 Å². The fraction of sp³-hybridized carbons (Fsp3) is 0.422. The van der Waals surface area contributed by atoms with E-state index in [2.05, 4.69) is 102 Å². The van der Waals surface area contributed by atoms with Crippen LogP contribution in [0.25, 0.3) is 0 Å². The smallest absolute Gasteiger partial charge is 0.313 e. The van der Waals surface area contributed by atoms with Gasteiger partial charge in [0.1, 0.15) is 0 Å². The van der Waals surface area contributed by atoms with Crippen LogP contribution in [-0.2, 0) is 51.5 Å². The minimum atomic E-state index is -1.02. The molecule has 49 heavy (non-hydrogen) atoms. The van der Waals surface area contributed by atoms with Crippen LogP contribution in [0.4, 0.5) is 0 Å². The number of fused-ring (bicyclic) bond motifs is 2. The molecule has 4 nitrogen and oxygen atoms in total. The highest BCUT2D eigenvalue weighted by atomic mass is 16.4. The number of aryl methyl sites for hydroxylation is 4. The average Bonchev–Trinajstić information content (AvgIpc) is 2.99. The lowest BCUT2D eigenvalue weighted by Gasteiger charge is -2.39. The van der Waals surface area contributed by atoms with Gasteiger partial charge in [-0.25, -0.2) is 0 Å². The second-order valence-corrected chi connectivity index (χ2v) is 16.2. The predicted molar refractivity (Wildman–Crippen MR) is 202 cm³/mol. The fourth-order valence-electron chi connectivity index (χ4n) is 6.38. The van der Waals surface area contributed by atoms with Crippen molar-refractivity contribution in [2.75, 3.05) is 0 Å². The third-order valence-electron chi connectivity index (χ3n) is 9.75. The first kappa shape index (κ1) is 37.6. The first-order valence-electron chi connectivity index (χ1n) is 17.9. The van der Waals surface area contributed by atoms with E-state index in [0.717, 1.165) is 70.9 Å². The summed E-state index contributed by atoms with van der Waals surface area (Å²) in [6, 6.07) is 29.7. The van der Waals surface area contributed by atoms with Crippen LogP contribution >= 0.6 is 0 Å². The number of carboxylic acids is 2. The molecule has 0 aromatic heterocycles. The van der Waals surface area contributed by atoms with E-state index in [1.54, 1.807) is 27.7 Å². The number of rotatable bonds is 8. The van der Waals surface area contributed by atoms with Gasteiger partial charge in [-0.05, 0) is 121 Å². The summed E-state index contributed by atoms with van der Waals surface area (Å²) in [6.07, 6.45) is 4.31. The molecule has 0 saturated heterocycles. The molecular formula is C45H56O4. The molecule has 6 rings (SSSR count). The van der Waals surface area contributed by atoms with E-state index in [4.69, 9.17) is 0 Å². The summed E-state index contributed by atoms with van der Waals surface area (Å²) in [5.41, 5.74) is 8.69. The number of hydrogen-bond acceptors (Lipinski definition) is 2. The van der Waals surface area contributed by atoms with Crippen LogP contribution in [0.1, 0.15) is 125 Å². The second-order valence-electron chi connectivity index (χ2n) is 16.2.